The van der Waals surface area contributed by atoms with Gasteiger partial charge in [-0.1, -0.05) is 0 Å². The third-order valence-electron chi connectivity index (χ3n) is 4.29. The van der Waals surface area contributed by atoms with Crippen LogP contribution in [0.15, 0.2) is 0 Å². The molecule has 0 heterocycles. The van der Waals surface area contributed by atoms with Crippen molar-refractivity contribution in [1.29, 1.82) is 0 Å². The molecule has 0 aromatic heterocycles. The number of aliphatic carboxylic acids is 4. The number of ether oxygens (including phenoxy) is 3. The molecule has 0 aliphatic carbocycles. The Morgan fingerprint density at radius 2 is 1.10 bits per heavy atom. The van der Waals surface area contributed by atoms with Crippen molar-refractivity contribution in [3.8, 4) is 0 Å². The van der Waals surface area contributed by atoms with E-state index in [9.17, 15) is 33.6 Å². The lowest BCUT2D eigenvalue weighted by Gasteiger charge is -2.27. The summed E-state index contributed by atoms with van der Waals surface area (Å²) < 4.78 is 13.7. The fourth-order valence-corrected chi connectivity index (χ4v) is 2.14. The number of nitrogens with one attached hydrogen (secondary N) is 2. The molecule has 0 fully saturated rings. The number of carboxylic acid groups (broad SMARTS) is 4. The molecular formula is C22H40ClN3O14. The molecule has 0 aromatic carbocycles. The first kappa shape index (κ1) is 43.4. The van der Waals surface area contributed by atoms with Gasteiger partial charge in [0.15, 0.2) is 0 Å². The number of rotatable bonds is 12. The van der Waals surface area contributed by atoms with Gasteiger partial charge in [0.1, 0.15) is 23.7 Å². The number of nitrogens with zero attached hydrogens (tertiary/aromatic N) is 1. The molecule has 0 saturated carbocycles. The van der Waals surface area contributed by atoms with Crippen LogP contribution in [-0.4, -0.2) is 126 Å². The van der Waals surface area contributed by atoms with Gasteiger partial charge in [-0.3, -0.25) is 28.9 Å². The number of esters is 2. The van der Waals surface area contributed by atoms with Crippen molar-refractivity contribution in [1.82, 2.24) is 15.5 Å². The summed E-state index contributed by atoms with van der Waals surface area (Å²) >= 11 is 0. The normalized spacial score (nSPS) is 12.1. The molecule has 0 bridgehead atoms. The fraction of sp³-hybridized carbons (Fsp3) is 0.682. The summed E-state index contributed by atoms with van der Waals surface area (Å²) in [6.07, 6.45) is -1.78. The van der Waals surface area contributed by atoms with E-state index in [-0.39, 0.29) is 18.8 Å². The van der Waals surface area contributed by atoms with Gasteiger partial charge < -0.3 is 45.3 Å². The fourth-order valence-electron chi connectivity index (χ4n) is 2.14. The number of carbonyl (C=O) groups excluding carboxylic acids is 3. The monoisotopic (exact) mass is 605 g/mol. The molecule has 3 atom stereocenters. The van der Waals surface area contributed by atoms with Gasteiger partial charge >= 0.3 is 41.9 Å². The molecule has 0 unspecified atom stereocenters. The minimum atomic E-state index is -1.31. The smallest absolute Gasteiger partial charge is 0.410 e. The second-order valence-corrected chi connectivity index (χ2v) is 8.46. The lowest BCUT2D eigenvalue weighted by molar-refractivity contribution is -0.150. The molecule has 6 N–H and O–H groups in total. The average molecular weight is 606 g/mol. The quantitative estimate of drug-likeness (QED) is 0.123. The van der Waals surface area contributed by atoms with E-state index in [1.807, 2.05) is 0 Å². The maximum atomic E-state index is 11.7. The number of hydrogen-bond donors (Lipinski definition) is 6. The van der Waals surface area contributed by atoms with Crippen LogP contribution in [0.1, 0.15) is 40.0 Å². The lowest BCUT2D eigenvalue weighted by Crippen LogP contribution is -2.46. The number of likely N-dealkylation sites (N-methyl/N-ethyl adjacent to an activating group) is 3. The molecule has 0 aliphatic heterocycles. The topological polar surface area (TPSA) is 255 Å². The number of methoxy groups -OCH3 is 2. The molecule has 1 amide bonds. The largest absolute Gasteiger partial charge is 0.481 e. The standard InChI is InChI=1S/C11H19NO6.C6H11NO4.C5H9NO4.ClH/c1-11(2,3)18-10(16)12(4)7(9(14)15)6-8(13)17-5;1-7-4(6(9)10)3-5(8)11-2;1-6-3(5(9)10)2-4(7)8;/h7H,6H2,1-5H3,(H,14,15);4,7H,3H2,1-2H3,(H,9,10);3,6H,2H2,1H3,(H,7,8)(H,9,10);1H/t7-;4-;3-;/m111./s1. The predicted molar refractivity (Wildman–Crippen MR) is 139 cm³/mol. The van der Waals surface area contributed by atoms with Crippen LogP contribution >= 0.6 is 12.4 Å². The van der Waals surface area contributed by atoms with Gasteiger partial charge in [-0.15, -0.1) is 12.4 Å². The lowest BCUT2D eigenvalue weighted by atomic mass is 10.2. The summed E-state index contributed by atoms with van der Waals surface area (Å²) in [7, 11) is 6.50. The first-order valence-electron chi connectivity index (χ1n) is 11.1. The van der Waals surface area contributed by atoms with Crippen molar-refractivity contribution >= 4 is 54.3 Å². The van der Waals surface area contributed by atoms with Crippen LogP contribution in [0.25, 0.3) is 0 Å². The van der Waals surface area contributed by atoms with E-state index in [4.69, 9.17) is 25.2 Å². The first-order chi connectivity index (χ1) is 17.8. The highest BCUT2D eigenvalue weighted by Gasteiger charge is 2.32. The SMILES string of the molecule is CN[C@H](CC(=O)O)C(=O)O.CN[C@H](CC(=O)OC)C(=O)O.COC(=O)C[C@H](C(=O)O)N(C)C(=O)OC(C)(C)C.Cl. The molecule has 0 aromatic rings. The van der Waals surface area contributed by atoms with Crippen molar-refractivity contribution in [2.45, 2.75) is 63.8 Å². The minimum absolute atomic E-state index is 0. The Balaban J connectivity index is -0.000000255. The molecule has 0 radical (unpaired) electrons. The van der Waals surface area contributed by atoms with Gasteiger partial charge in [0.2, 0.25) is 0 Å². The molecular weight excluding hydrogens is 566 g/mol. The maximum Gasteiger partial charge on any atom is 0.410 e. The Kier molecular flexibility index (Phi) is 24.0. The summed E-state index contributed by atoms with van der Waals surface area (Å²) in [6.45, 7) is 4.98. The van der Waals surface area contributed by atoms with E-state index < -0.39 is 78.5 Å². The molecule has 17 nitrogen and oxygen atoms in total. The van der Waals surface area contributed by atoms with Crippen LogP contribution in [-0.2, 0) is 43.0 Å². The van der Waals surface area contributed by atoms with E-state index in [2.05, 4.69) is 20.1 Å². The number of hydrogen-bond acceptors (Lipinski definition) is 12. The summed E-state index contributed by atoms with van der Waals surface area (Å²) in [4.78, 5) is 75.6. The van der Waals surface area contributed by atoms with E-state index >= 15 is 0 Å². The third-order valence-corrected chi connectivity index (χ3v) is 4.29. The molecule has 0 saturated heterocycles. The molecule has 40 heavy (non-hydrogen) atoms. The van der Waals surface area contributed by atoms with E-state index in [1.54, 1.807) is 20.8 Å². The Hall–Kier alpha value is -3.70. The second kappa shape index (κ2) is 22.2. The van der Waals surface area contributed by atoms with Gasteiger partial charge in [-0.05, 0) is 34.9 Å². The van der Waals surface area contributed by atoms with Gasteiger partial charge in [0.25, 0.3) is 0 Å². The van der Waals surface area contributed by atoms with Gasteiger partial charge in [-0.25, -0.2) is 9.59 Å². The molecule has 18 heteroatoms. The van der Waals surface area contributed by atoms with Crippen molar-refractivity contribution < 1.29 is 68.2 Å². The number of carbonyl (C=O) groups is 7. The first-order valence-corrected chi connectivity index (χ1v) is 11.1. The third kappa shape index (κ3) is 22.3. The van der Waals surface area contributed by atoms with Crippen LogP contribution in [0.3, 0.4) is 0 Å². The number of halogens is 1. The molecule has 234 valence electrons. The van der Waals surface area contributed by atoms with Crippen molar-refractivity contribution in [2.75, 3.05) is 35.4 Å². The minimum Gasteiger partial charge on any atom is -0.481 e. The highest BCUT2D eigenvalue weighted by Crippen LogP contribution is 2.12. The number of carboxylic acids is 4. The van der Waals surface area contributed by atoms with Gasteiger partial charge in [0, 0.05) is 7.05 Å². The Labute approximate surface area is 237 Å². The van der Waals surface area contributed by atoms with Crippen LogP contribution in [0.2, 0.25) is 0 Å². The van der Waals surface area contributed by atoms with Crippen LogP contribution in [0.4, 0.5) is 4.79 Å². The molecule has 0 rings (SSSR count). The predicted octanol–water partition coefficient (Wildman–Crippen LogP) is -0.353. The summed E-state index contributed by atoms with van der Waals surface area (Å²) in [5.74, 6) is -5.87. The zero-order valence-corrected chi connectivity index (χ0v) is 24.4. The summed E-state index contributed by atoms with van der Waals surface area (Å²) in [5, 5.41) is 38.7. The van der Waals surface area contributed by atoms with Crippen molar-refractivity contribution in [2.24, 2.45) is 0 Å². The van der Waals surface area contributed by atoms with Gasteiger partial charge in [0.05, 0.1) is 33.5 Å². The highest BCUT2D eigenvalue weighted by atomic mass is 35.5. The van der Waals surface area contributed by atoms with Gasteiger partial charge in [-0.2, -0.15) is 0 Å². The van der Waals surface area contributed by atoms with E-state index in [1.165, 1.54) is 28.3 Å². The highest BCUT2D eigenvalue weighted by molar-refractivity contribution is 5.86. The van der Waals surface area contributed by atoms with E-state index in [0.717, 1.165) is 12.0 Å². The number of amides is 1. The average Bonchev–Trinajstić information content (AvgIpc) is 2.82. The maximum absolute atomic E-state index is 11.7. The second-order valence-electron chi connectivity index (χ2n) is 8.46. The zero-order chi connectivity index (χ0) is 31.5. The Morgan fingerprint density at radius 3 is 1.35 bits per heavy atom. The van der Waals surface area contributed by atoms with Crippen LogP contribution in [0.5, 0.6) is 0 Å². The van der Waals surface area contributed by atoms with Crippen molar-refractivity contribution in [3.05, 3.63) is 0 Å². The van der Waals surface area contributed by atoms with Crippen molar-refractivity contribution in [3.63, 3.8) is 0 Å². The Morgan fingerprint density at radius 1 is 0.725 bits per heavy atom. The molecule has 0 aliphatic rings. The summed E-state index contributed by atoms with van der Waals surface area (Å²) in [6, 6.07) is -3.16. The zero-order valence-electron chi connectivity index (χ0n) is 23.6. The van der Waals surface area contributed by atoms with E-state index in [0.29, 0.717) is 0 Å². The molecule has 0 spiro atoms. The van der Waals surface area contributed by atoms with Crippen LogP contribution in [0, 0.1) is 0 Å². The Bertz CT molecular complexity index is 847. The summed E-state index contributed by atoms with van der Waals surface area (Å²) in [5.41, 5.74) is -0.736. The van der Waals surface area contributed by atoms with Crippen LogP contribution < -0.4 is 10.6 Å².